The molecule has 3 atom stereocenters. The van der Waals surface area contributed by atoms with Crippen LogP contribution in [0.1, 0.15) is 43.6 Å². The highest BCUT2D eigenvalue weighted by Gasteiger charge is 2.47. The van der Waals surface area contributed by atoms with E-state index in [0.717, 1.165) is 37.9 Å². The molecule has 2 aliphatic heterocycles. The maximum Gasteiger partial charge on any atom is 0.226 e. The number of hydrogen-bond acceptors (Lipinski definition) is 2. The maximum absolute atomic E-state index is 13.4. The Labute approximate surface area is 137 Å². The molecule has 124 valence electrons. The molecule has 0 spiro atoms. The summed E-state index contributed by atoms with van der Waals surface area (Å²) in [6, 6.07) is 7.15. The van der Waals surface area contributed by atoms with E-state index >= 15 is 0 Å². The largest absolute Gasteiger partial charge is 0.338 e. The smallest absolute Gasteiger partial charge is 0.226 e. The molecule has 1 aromatic rings. The van der Waals surface area contributed by atoms with Gasteiger partial charge >= 0.3 is 0 Å². The molecule has 2 heterocycles. The SMILES string of the molecule is O=C([C@@H]1C[C@H]1c1cccc(F)c1)N1CCC[C@@H]1CN1CCCC1. The van der Waals surface area contributed by atoms with Crippen LogP contribution < -0.4 is 0 Å². The molecule has 3 nitrogen and oxygen atoms in total. The maximum atomic E-state index is 13.4. The average molecular weight is 316 g/mol. The van der Waals surface area contributed by atoms with Crippen molar-refractivity contribution in [3.8, 4) is 0 Å². The zero-order chi connectivity index (χ0) is 15.8. The molecule has 0 N–H and O–H groups in total. The lowest BCUT2D eigenvalue weighted by Crippen LogP contribution is -2.43. The van der Waals surface area contributed by atoms with Crippen molar-refractivity contribution in [1.82, 2.24) is 9.80 Å². The first-order valence-corrected chi connectivity index (χ1v) is 9.00. The van der Waals surface area contributed by atoms with Crippen molar-refractivity contribution >= 4 is 5.91 Å². The van der Waals surface area contributed by atoms with E-state index in [1.54, 1.807) is 12.1 Å². The molecule has 1 aromatic carbocycles. The molecule has 2 saturated heterocycles. The molecule has 23 heavy (non-hydrogen) atoms. The van der Waals surface area contributed by atoms with Gasteiger partial charge in [-0.15, -0.1) is 0 Å². The van der Waals surface area contributed by atoms with Crippen LogP contribution in [0.15, 0.2) is 24.3 Å². The van der Waals surface area contributed by atoms with E-state index in [9.17, 15) is 9.18 Å². The summed E-state index contributed by atoms with van der Waals surface area (Å²) in [5, 5.41) is 0. The number of rotatable bonds is 4. The number of benzene rings is 1. The number of nitrogens with zero attached hydrogens (tertiary/aromatic N) is 2. The molecule has 3 aliphatic rings. The van der Waals surface area contributed by atoms with Crippen LogP contribution in [0.4, 0.5) is 4.39 Å². The predicted molar refractivity (Wildman–Crippen MR) is 87.7 cm³/mol. The number of likely N-dealkylation sites (tertiary alicyclic amines) is 2. The lowest BCUT2D eigenvalue weighted by atomic mass is 10.1. The molecule has 4 rings (SSSR count). The summed E-state index contributed by atoms with van der Waals surface area (Å²) < 4.78 is 13.4. The van der Waals surface area contributed by atoms with E-state index in [-0.39, 0.29) is 17.7 Å². The highest BCUT2D eigenvalue weighted by Crippen LogP contribution is 2.49. The molecule has 1 amide bonds. The first kappa shape index (κ1) is 15.1. The number of hydrogen-bond donors (Lipinski definition) is 0. The van der Waals surface area contributed by atoms with E-state index < -0.39 is 0 Å². The monoisotopic (exact) mass is 316 g/mol. The van der Waals surface area contributed by atoms with Gasteiger partial charge in [0.25, 0.3) is 0 Å². The van der Waals surface area contributed by atoms with E-state index in [0.29, 0.717) is 11.9 Å². The fourth-order valence-corrected chi connectivity index (χ4v) is 4.37. The van der Waals surface area contributed by atoms with Gasteiger partial charge in [-0.2, -0.15) is 0 Å². The van der Waals surface area contributed by atoms with E-state index in [4.69, 9.17) is 0 Å². The lowest BCUT2D eigenvalue weighted by Gasteiger charge is -2.28. The van der Waals surface area contributed by atoms with Gasteiger partial charge in [-0.1, -0.05) is 12.1 Å². The average Bonchev–Trinajstić information content (AvgIpc) is 2.94. The van der Waals surface area contributed by atoms with Crippen molar-refractivity contribution in [3.05, 3.63) is 35.6 Å². The van der Waals surface area contributed by atoms with Crippen LogP contribution in [0.3, 0.4) is 0 Å². The van der Waals surface area contributed by atoms with Gasteiger partial charge in [-0.25, -0.2) is 4.39 Å². The van der Waals surface area contributed by atoms with E-state index in [1.165, 1.54) is 32.0 Å². The second kappa shape index (κ2) is 6.23. The van der Waals surface area contributed by atoms with Crippen LogP contribution in [-0.4, -0.2) is 47.9 Å². The van der Waals surface area contributed by atoms with Crippen molar-refractivity contribution in [2.24, 2.45) is 5.92 Å². The van der Waals surface area contributed by atoms with Crippen LogP contribution in [0.2, 0.25) is 0 Å². The normalized spacial score (nSPS) is 30.8. The first-order chi connectivity index (χ1) is 11.2. The predicted octanol–water partition coefficient (Wildman–Crippen LogP) is 3.02. The molecule has 0 bridgehead atoms. The second-order valence-corrected chi connectivity index (χ2v) is 7.34. The van der Waals surface area contributed by atoms with Crippen LogP contribution in [0.25, 0.3) is 0 Å². The third-order valence-electron chi connectivity index (χ3n) is 5.71. The van der Waals surface area contributed by atoms with E-state index in [1.807, 2.05) is 6.07 Å². The number of carbonyl (C=O) groups excluding carboxylic acids is 1. The Morgan fingerprint density at radius 3 is 2.78 bits per heavy atom. The standard InChI is InChI=1S/C19H25FN2O/c20-15-6-3-5-14(11-15)17-12-18(17)19(23)22-10-4-7-16(22)13-21-8-1-2-9-21/h3,5-6,11,16-18H,1-2,4,7-10,12-13H2/t16-,17+,18-/m1/s1. The van der Waals surface area contributed by atoms with Gasteiger partial charge in [0.05, 0.1) is 0 Å². The van der Waals surface area contributed by atoms with Crippen molar-refractivity contribution < 1.29 is 9.18 Å². The fraction of sp³-hybridized carbons (Fsp3) is 0.632. The number of halogens is 1. The first-order valence-electron chi connectivity index (χ1n) is 9.00. The quantitative estimate of drug-likeness (QED) is 0.852. The van der Waals surface area contributed by atoms with Gasteiger partial charge in [0, 0.05) is 25.0 Å². The van der Waals surface area contributed by atoms with Crippen LogP contribution in [0, 0.1) is 11.7 Å². The van der Waals surface area contributed by atoms with Gasteiger partial charge < -0.3 is 9.80 Å². The molecular formula is C19H25FN2O. The van der Waals surface area contributed by atoms with Crippen LogP contribution in [0.5, 0.6) is 0 Å². The molecule has 3 fully saturated rings. The summed E-state index contributed by atoms with van der Waals surface area (Å²) in [5.41, 5.74) is 0.985. The van der Waals surface area contributed by atoms with Crippen molar-refractivity contribution in [2.75, 3.05) is 26.2 Å². The minimum atomic E-state index is -0.200. The Morgan fingerprint density at radius 1 is 1.17 bits per heavy atom. The van der Waals surface area contributed by atoms with Gasteiger partial charge in [0.1, 0.15) is 5.82 Å². The van der Waals surface area contributed by atoms with Gasteiger partial charge in [0.2, 0.25) is 5.91 Å². The molecule has 1 aliphatic carbocycles. The summed E-state index contributed by atoms with van der Waals surface area (Å²) in [7, 11) is 0. The van der Waals surface area contributed by atoms with Crippen LogP contribution >= 0.6 is 0 Å². The highest BCUT2D eigenvalue weighted by molar-refractivity contribution is 5.83. The number of amides is 1. The Kier molecular flexibility index (Phi) is 4.10. The molecular weight excluding hydrogens is 291 g/mol. The Balaban J connectivity index is 1.39. The van der Waals surface area contributed by atoms with Crippen molar-refractivity contribution in [1.29, 1.82) is 0 Å². The van der Waals surface area contributed by atoms with Crippen molar-refractivity contribution in [3.63, 3.8) is 0 Å². The Hall–Kier alpha value is -1.42. The summed E-state index contributed by atoms with van der Waals surface area (Å²) in [6.07, 6.45) is 5.74. The summed E-state index contributed by atoms with van der Waals surface area (Å²) in [5.74, 6) is 0.414. The molecule has 0 radical (unpaired) electrons. The third-order valence-corrected chi connectivity index (χ3v) is 5.71. The molecule has 1 saturated carbocycles. The van der Waals surface area contributed by atoms with Crippen LogP contribution in [-0.2, 0) is 4.79 Å². The summed E-state index contributed by atoms with van der Waals surface area (Å²) in [6.45, 7) is 4.33. The van der Waals surface area contributed by atoms with Gasteiger partial charge in [-0.05, 0) is 68.8 Å². The minimum absolute atomic E-state index is 0.0796. The third kappa shape index (κ3) is 3.14. The topological polar surface area (TPSA) is 23.6 Å². The molecule has 0 aromatic heterocycles. The van der Waals surface area contributed by atoms with E-state index in [2.05, 4.69) is 9.80 Å². The number of carbonyl (C=O) groups is 1. The summed E-state index contributed by atoms with van der Waals surface area (Å²) >= 11 is 0. The highest BCUT2D eigenvalue weighted by atomic mass is 19.1. The molecule has 0 unspecified atom stereocenters. The lowest BCUT2D eigenvalue weighted by molar-refractivity contribution is -0.133. The molecule has 4 heteroatoms. The Bertz CT molecular complexity index is 584. The van der Waals surface area contributed by atoms with Gasteiger partial charge in [-0.3, -0.25) is 4.79 Å². The second-order valence-electron chi connectivity index (χ2n) is 7.34. The Morgan fingerprint density at radius 2 is 2.00 bits per heavy atom. The zero-order valence-corrected chi connectivity index (χ0v) is 13.6. The zero-order valence-electron chi connectivity index (χ0n) is 13.6. The minimum Gasteiger partial charge on any atom is -0.338 e. The van der Waals surface area contributed by atoms with Gasteiger partial charge in [0.15, 0.2) is 0 Å². The van der Waals surface area contributed by atoms with Crippen molar-refractivity contribution in [2.45, 2.75) is 44.1 Å². The fourth-order valence-electron chi connectivity index (χ4n) is 4.37. The summed E-state index contributed by atoms with van der Waals surface area (Å²) in [4.78, 5) is 17.5.